The molecule has 0 unspecified atom stereocenters. The molecule has 2 saturated carbocycles. The lowest BCUT2D eigenvalue weighted by atomic mass is 9.75. The van der Waals surface area contributed by atoms with Gasteiger partial charge in [0.25, 0.3) is 5.92 Å². The largest absolute Gasteiger partial charge is 0.390 e. The molecule has 0 radical (unpaired) electrons. The van der Waals surface area contributed by atoms with Gasteiger partial charge in [-0.05, 0) is 6.42 Å². The number of rotatable bonds is 0. The van der Waals surface area contributed by atoms with Gasteiger partial charge in [0.1, 0.15) is 18.3 Å². The molecule has 0 spiro atoms. The number of fused-ring (bicyclic) bond motifs is 1. The Bertz CT molecular complexity index is 287. The van der Waals surface area contributed by atoms with Gasteiger partial charge < -0.3 is 25.5 Å². The molecule has 0 bridgehead atoms. The summed E-state index contributed by atoms with van der Waals surface area (Å²) in [5.74, 6) is -6.15. The van der Waals surface area contributed by atoms with Gasteiger partial charge in [-0.2, -0.15) is 0 Å². The highest BCUT2D eigenvalue weighted by molar-refractivity contribution is 5.10. The zero-order valence-corrected chi connectivity index (χ0v) is 8.24. The quantitative estimate of drug-likeness (QED) is 0.340. The van der Waals surface area contributed by atoms with Crippen LogP contribution < -0.4 is 0 Å². The van der Waals surface area contributed by atoms with Crippen molar-refractivity contribution in [2.75, 3.05) is 0 Å². The van der Waals surface area contributed by atoms with Gasteiger partial charge in [-0.15, -0.1) is 0 Å². The molecule has 2 aliphatic rings. The lowest BCUT2D eigenvalue weighted by Gasteiger charge is -2.38. The molecule has 0 aliphatic heterocycles. The Kier molecular flexibility index (Phi) is 2.71. The molecule has 94 valence electrons. The van der Waals surface area contributed by atoms with Crippen LogP contribution in [0.5, 0.6) is 0 Å². The molecule has 5 nitrogen and oxygen atoms in total. The molecule has 0 aromatic rings. The number of alkyl halides is 2. The van der Waals surface area contributed by atoms with Crippen LogP contribution in [0, 0.1) is 11.8 Å². The first-order chi connectivity index (χ1) is 7.28. The van der Waals surface area contributed by atoms with Crippen molar-refractivity contribution in [3.8, 4) is 0 Å². The molecule has 0 heterocycles. The highest BCUT2D eigenvalue weighted by Gasteiger charge is 2.66. The van der Waals surface area contributed by atoms with E-state index in [0.29, 0.717) is 0 Å². The van der Waals surface area contributed by atoms with Crippen LogP contribution in [-0.2, 0) is 0 Å². The highest BCUT2D eigenvalue weighted by atomic mass is 19.3. The molecule has 0 aromatic heterocycles. The summed E-state index contributed by atoms with van der Waals surface area (Å²) in [6.45, 7) is 0. The molecular formula is C9H14F2O5. The topological polar surface area (TPSA) is 101 Å². The summed E-state index contributed by atoms with van der Waals surface area (Å²) in [6.07, 6.45) is -9.18. The maximum absolute atomic E-state index is 13.3. The Morgan fingerprint density at radius 2 is 1.44 bits per heavy atom. The van der Waals surface area contributed by atoms with Crippen LogP contribution >= 0.6 is 0 Å². The zero-order chi connectivity index (χ0) is 12.2. The van der Waals surface area contributed by atoms with Crippen LogP contribution in [0.2, 0.25) is 0 Å². The fraction of sp³-hybridized carbons (Fsp3) is 1.00. The van der Waals surface area contributed by atoms with E-state index in [1.165, 1.54) is 0 Å². The van der Waals surface area contributed by atoms with Crippen molar-refractivity contribution >= 4 is 0 Å². The van der Waals surface area contributed by atoms with Gasteiger partial charge in [0.15, 0.2) is 0 Å². The van der Waals surface area contributed by atoms with Crippen LogP contribution in [0.4, 0.5) is 8.78 Å². The predicted molar refractivity (Wildman–Crippen MR) is 46.6 cm³/mol. The number of aliphatic hydroxyl groups is 5. The van der Waals surface area contributed by atoms with E-state index in [-0.39, 0.29) is 6.42 Å². The minimum absolute atomic E-state index is 0.267. The Hall–Kier alpha value is -0.340. The Morgan fingerprint density at radius 3 is 2.00 bits per heavy atom. The number of hydrogen-bond acceptors (Lipinski definition) is 5. The second-order valence-electron chi connectivity index (χ2n) is 4.59. The van der Waals surface area contributed by atoms with Gasteiger partial charge >= 0.3 is 0 Å². The monoisotopic (exact) mass is 240 g/mol. The van der Waals surface area contributed by atoms with E-state index < -0.39 is 48.3 Å². The van der Waals surface area contributed by atoms with Crippen molar-refractivity contribution in [2.45, 2.75) is 42.9 Å². The van der Waals surface area contributed by atoms with Crippen LogP contribution in [0.3, 0.4) is 0 Å². The van der Waals surface area contributed by atoms with Gasteiger partial charge in [0, 0.05) is 11.8 Å². The van der Waals surface area contributed by atoms with Crippen LogP contribution in [-0.4, -0.2) is 62.0 Å². The van der Waals surface area contributed by atoms with E-state index >= 15 is 0 Å². The van der Waals surface area contributed by atoms with Gasteiger partial charge in [-0.25, -0.2) is 8.78 Å². The molecule has 2 fully saturated rings. The average molecular weight is 240 g/mol. The van der Waals surface area contributed by atoms with Gasteiger partial charge in [0.2, 0.25) is 0 Å². The minimum atomic E-state index is -3.72. The van der Waals surface area contributed by atoms with Crippen molar-refractivity contribution in [1.82, 2.24) is 0 Å². The summed E-state index contributed by atoms with van der Waals surface area (Å²) in [4.78, 5) is 0. The van der Waals surface area contributed by atoms with Gasteiger partial charge in [-0.1, -0.05) is 0 Å². The molecule has 0 amide bonds. The summed E-state index contributed by atoms with van der Waals surface area (Å²) in [6, 6.07) is 0. The standard InChI is InChI=1S/C9H14F2O5/c10-9(11)7(15)2-1-3(12)5(13)6(14)4(2)8(9)16/h2-8,12-16H,1H2/t2-,3+,4+,5+,6+,7+,8-/m0/s1. The first kappa shape index (κ1) is 12.1. The molecule has 2 aliphatic carbocycles. The van der Waals surface area contributed by atoms with Crippen molar-refractivity contribution in [3.63, 3.8) is 0 Å². The summed E-state index contributed by atoms with van der Waals surface area (Å²) in [7, 11) is 0. The summed E-state index contributed by atoms with van der Waals surface area (Å²) >= 11 is 0. The second kappa shape index (κ2) is 3.58. The number of aliphatic hydroxyl groups excluding tert-OH is 5. The van der Waals surface area contributed by atoms with E-state index in [2.05, 4.69) is 0 Å². The summed E-state index contributed by atoms with van der Waals surface area (Å²) in [5, 5.41) is 46.8. The van der Waals surface area contributed by atoms with Crippen molar-refractivity contribution in [3.05, 3.63) is 0 Å². The molecule has 5 N–H and O–H groups in total. The Morgan fingerprint density at radius 1 is 0.875 bits per heavy atom. The molecule has 7 atom stereocenters. The van der Waals surface area contributed by atoms with Crippen LogP contribution in [0.1, 0.15) is 6.42 Å². The molecule has 0 aromatic carbocycles. The van der Waals surface area contributed by atoms with E-state index in [1.54, 1.807) is 0 Å². The summed E-state index contributed by atoms with van der Waals surface area (Å²) in [5.41, 5.74) is 0. The first-order valence-electron chi connectivity index (χ1n) is 5.06. The van der Waals surface area contributed by atoms with Gasteiger partial charge in [-0.3, -0.25) is 0 Å². The SMILES string of the molecule is O[C@H]1[C@H](O)[C@H](O)C[C@H]2[C@H]1[C@H](O)C(F)(F)[C@@H]2O. The minimum Gasteiger partial charge on any atom is -0.390 e. The average Bonchev–Trinajstić information content (AvgIpc) is 2.38. The molecule has 0 saturated heterocycles. The van der Waals surface area contributed by atoms with E-state index in [4.69, 9.17) is 0 Å². The van der Waals surface area contributed by atoms with Crippen LogP contribution in [0.15, 0.2) is 0 Å². The number of hydrogen-bond donors (Lipinski definition) is 5. The normalized spacial score (nSPS) is 56.1. The smallest absolute Gasteiger partial charge is 0.299 e. The Balaban J connectivity index is 2.31. The third-order valence-corrected chi connectivity index (χ3v) is 3.71. The third-order valence-electron chi connectivity index (χ3n) is 3.71. The fourth-order valence-corrected chi connectivity index (χ4v) is 2.76. The van der Waals surface area contributed by atoms with Crippen molar-refractivity contribution in [1.29, 1.82) is 0 Å². The Labute approximate surface area is 89.9 Å². The maximum Gasteiger partial charge on any atom is 0.299 e. The lowest BCUT2D eigenvalue weighted by Crippen LogP contribution is -2.52. The maximum atomic E-state index is 13.3. The molecule has 16 heavy (non-hydrogen) atoms. The van der Waals surface area contributed by atoms with E-state index in [1.807, 2.05) is 0 Å². The molecular weight excluding hydrogens is 226 g/mol. The number of halogens is 2. The molecule has 2 rings (SSSR count). The van der Waals surface area contributed by atoms with Crippen molar-refractivity contribution in [2.24, 2.45) is 11.8 Å². The first-order valence-corrected chi connectivity index (χ1v) is 5.06. The molecule has 7 heteroatoms. The third kappa shape index (κ3) is 1.39. The van der Waals surface area contributed by atoms with Crippen molar-refractivity contribution < 1.29 is 34.3 Å². The predicted octanol–water partition coefficient (Wildman–Crippen LogP) is -1.92. The fourth-order valence-electron chi connectivity index (χ4n) is 2.76. The lowest BCUT2D eigenvalue weighted by molar-refractivity contribution is -0.162. The highest BCUT2D eigenvalue weighted by Crippen LogP contribution is 2.50. The van der Waals surface area contributed by atoms with Crippen LogP contribution in [0.25, 0.3) is 0 Å². The summed E-state index contributed by atoms with van der Waals surface area (Å²) < 4.78 is 26.6. The zero-order valence-electron chi connectivity index (χ0n) is 8.24. The van der Waals surface area contributed by atoms with E-state index in [9.17, 15) is 34.3 Å². The van der Waals surface area contributed by atoms with E-state index in [0.717, 1.165) is 0 Å². The van der Waals surface area contributed by atoms with Gasteiger partial charge in [0.05, 0.1) is 12.2 Å². The second-order valence-corrected chi connectivity index (χ2v) is 4.59.